The predicted octanol–water partition coefficient (Wildman–Crippen LogP) is 5.34. The number of hydrogen-bond acceptors (Lipinski definition) is 4. The number of Topliss-reactive ketones (excluding diaryl/α,β-unsaturated/α-hetero) is 1. The highest BCUT2D eigenvalue weighted by atomic mass is 19.1. The molecule has 0 bridgehead atoms. The van der Waals surface area contributed by atoms with Gasteiger partial charge in [0.15, 0.2) is 5.78 Å². The molecular formula is C27H29FN2O3. The van der Waals surface area contributed by atoms with E-state index in [0.29, 0.717) is 23.8 Å². The number of benzene rings is 1. The minimum absolute atomic E-state index is 0.0320. The largest absolute Gasteiger partial charge is 0.515 e. The Balaban J connectivity index is 1.39. The van der Waals surface area contributed by atoms with Crippen molar-refractivity contribution in [3.05, 3.63) is 71.4 Å². The van der Waals surface area contributed by atoms with Crippen molar-refractivity contribution >= 4 is 17.5 Å². The van der Waals surface area contributed by atoms with Gasteiger partial charge in [-0.15, -0.1) is 0 Å². The Bertz CT molecular complexity index is 1130. The lowest BCUT2D eigenvalue weighted by Crippen LogP contribution is -2.44. The van der Waals surface area contributed by atoms with Crippen molar-refractivity contribution in [1.29, 1.82) is 0 Å². The van der Waals surface area contributed by atoms with Gasteiger partial charge in [-0.25, -0.2) is 4.98 Å². The Hall–Kier alpha value is -3.02. The summed E-state index contributed by atoms with van der Waals surface area (Å²) < 4.78 is 13.3. The van der Waals surface area contributed by atoms with Crippen LogP contribution in [0.25, 0.3) is 0 Å². The molecule has 1 aromatic carbocycles. The fraction of sp³-hybridized carbons (Fsp3) is 0.444. The second kappa shape index (κ2) is 8.40. The molecule has 2 N–H and O–H groups in total. The molecule has 5 atom stereocenters. The number of ketones is 1. The average molecular weight is 449 g/mol. The van der Waals surface area contributed by atoms with Crippen LogP contribution in [-0.4, -0.2) is 21.8 Å². The molecule has 3 aliphatic carbocycles. The predicted molar refractivity (Wildman–Crippen MR) is 123 cm³/mol. The Morgan fingerprint density at radius 3 is 2.85 bits per heavy atom. The van der Waals surface area contributed by atoms with E-state index in [9.17, 15) is 19.1 Å². The Morgan fingerprint density at radius 1 is 1.24 bits per heavy atom. The molecule has 3 aliphatic rings. The lowest BCUT2D eigenvalue weighted by atomic mass is 9.54. The minimum atomic E-state index is -0.652. The zero-order valence-electron chi connectivity index (χ0n) is 18.8. The fourth-order valence-electron chi connectivity index (χ4n) is 6.93. The van der Waals surface area contributed by atoms with Gasteiger partial charge in [0.2, 0.25) is 11.9 Å². The lowest BCUT2D eigenvalue weighted by molar-refractivity contribution is -0.127. The number of nitrogens with one attached hydrogen (secondary N) is 1. The molecule has 2 saturated carbocycles. The van der Waals surface area contributed by atoms with Gasteiger partial charge in [-0.05, 0) is 79.0 Å². The van der Waals surface area contributed by atoms with E-state index >= 15 is 0 Å². The van der Waals surface area contributed by atoms with Gasteiger partial charge in [-0.2, -0.15) is 4.39 Å². The first-order valence-electron chi connectivity index (χ1n) is 11.8. The molecule has 0 radical (unpaired) electrons. The molecule has 5 rings (SSSR count). The fourth-order valence-corrected chi connectivity index (χ4v) is 6.93. The molecule has 6 heteroatoms. The Kier molecular flexibility index (Phi) is 5.55. The van der Waals surface area contributed by atoms with E-state index in [1.54, 1.807) is 6.07 Å². The van der Waals surface area contributed by atoms with E-state index in [4.69, 9.17) is 0 Å². The van der Waals surface area contributed by atoms with E-state index in [1.807, 2.05) is 0 Å². The number of aromatic nitrogens is 1. The van der Waals surface area contributed by atoms with Crippen molar-refractivity contribution < 1.29 is 19.1 Å². The summed E-state index contributed by atoms with van der Waals surface area (Å²) in [5, 5.41) is 12.7. The third kappa shape index (κ3) is 3.65. The number of carbonyl (C=O) groups excluding carboxylic acids is 2. The first kappa shape index (κ1) is 21.8. The maximum atomic E-state index is 13.4. The maximum absolute atomic E-state index is 13.4. The van der Waals surface area contributed by atoms with Gasteiger partial charge in [0.05, 0.1) is 6.26 Å². The third-order valence-electron chi connectivity index (χ3n) is 8.31. The molecular weight excluding hydrogens is 419 g/mol. The highest BCUT2D eigenvalue weighted by Gasteiger charge is 2.60. The number of allylic oxidation sites excluding steroid dienone is 1. The number of aliphatic hydroxyl groups excluding tert-OH is 1. The molecule has 1 heterocycles. The van der Waals surface area contributed by atoms with E-state index < -0.39 is 11.4 Å². The number of hydrogen-bond donors (Lipinski definition) is 2. The highest BCUT2D eigenvalue weighted by molar-refractivity contribution is 6.03. The van der Waals surface area contributed by atoms with Crippen LogP contribution in [0.15, 0.2) is 54.3 Å². The number of aliphatic hydroxyl groups is 1. The number of amides is 1. The van der Waals surface area contributed by atoms with Crippen LogP contribution >= 0.6 is 0 Å². The molecule has 2 aromatic rings. The Labute approximate surface area is 193 Å². The lowest BCUT2D eigenvalue weighted by Gasteiger charge is -2.49. The first-order valence-corrected chi connectivity index (χ1v) is 11.8. The van der Waals surface area contributed by atoms with Crippen molar-refractivity contribution in [1.82, 2.24) is 4.98 Å². The van der Waals surface area contributed by atoms with E-state index in [2.05, 4.69) is 41.5 Å². The quantitative estimate of drug-likeness (QED) is 0.376. The van der Waals surface area contributed by atoms with Crippen LogP contribution in [0.4, 0.5) is 10.2 Å². The van der Waals surface area contributed by atoms with Gasteiger partial charge in [0.1, 0.15) is 5.82 Å². The molecule has 5 nitrogen and oxygen atoms in total. The molecule has 1 amide bonds. The summed E-state index contributed by atoms with van der Waals surface area (Å²) in [6.07, 6.45) is 5.39. The van der Waals surface area contributed by atoms with Crippen LogP contribution in [0, 0.1) is 29.1 Å². The first-order chi connectivity index (χ1) is 15.9. The summed E-state index contributed by atoms with van der Waals surface area (Å²) in [5.74, 6) is -0.0393. The van der Waals surface area contributed by atoms with Crippen molar-refractivity contribution in [2.45, 2.75) is 51.4 Å². The second-order valence-electron chi connectivity index (χ2n) is 9.94. The number of fused-ring (bicyclic) bond motifs is 5. The molecule has 172 valence electrons. The van der Waals surface area contributed by atoms with E-state index in [-0.39, 0.29) is 35.8 Å². The molecule has 0 spiro atoms. The van der Waals surface area contributed by atoms with Crippen molar-refractivity contribution in [3.8, 4) is 0 Å². The summed E-state index contributed by atoms with van der Waals surface area (Å²) in [6.45, 7) is 2.05. The topological polar surface area (TPSA) is 79.3 Å². The van der Waals surface area contributed by atoms with Crippen molar-refractivity contribution in [2.24, 2.45) is 23.2 Å². The highest BCUT2D eigenvalue weighted by Crippen LogP contribution is 2.63. The second-order valence-corrected chi connectivity index (χ2v) is 9.94. The van der Waals surface area contributed by atoms with E-state index in [0.717, 1.165) is 31.9 Å². The molecule has 0 saturated heterocycles. The van der Waals surface area contributed by atoms with Gasteiger partial charge in [-0.3, -0.25) is 9.59 Å². The molecule has 33 heavy (non-hydrogen) atoms. The van der Waals surface area contributed by atoms with Gasteiger partial charge < -0.3 is 10.4 Å². The number of rotatable bonds is 4. The number of halogens is 1. The van der Waals surface area contributed by atoms with Crippen molar-refractivity contribution in [2.75, 3.05) is 5.32 Å². The van der Waals surface area contributed by atoms with Crippen LogP contribution in [0.1, 0.15) is 56.1 Å². The summed E-state index contributed by atoms with van der Waals surface area (Å²) in [4.78, 5) is 29.7. The monoisotopic (exact) mass is 448 g/mol. The molecule has 5 unspecified atom stereocenters. The van der Waals surface area contributed by atoms with Crippen molar-refractivity contribution in [3.63, 3.8) is 0 Å². The van der Waals surface area contributed by atoms with Gasteiger partial charge in [-0.1, -0.05) is 37.3 Å². The minimum Gasteiger partial charge on any atom is -0.515 e. The third-order valence-corrected chi connectivity index (χ3v) is 8.31. The Morgan fingerprint density at radius 2 is 2.06 bits per heavy atom. The van der Waals surface area contributed by atoms with Gasteiger partial charge in [0, 0.05) is 17.4 Å². The summed E-state index contributed by atoms with van der Waals surface area (Å²) in [7, 11) is 0. The van der Waals surface area contributed by atoms with E-state index in [1.165, 1.54) is 23.3 Å². The van der Waals surface area contributed by atoms with Crippen LogP contribution < -0.4 is 5.32 Å². The normalized spacial score (nSPS) is 31.6. The smallest absolute Gasteiger partial charge is 0.225 e. The average Bonchev–Trinajstić information content (AvgIpc) is 3.03. The summed E-state index contributed by atoms with van der Waals surface area (Å²) in [5.41, 5.74) is 2.76. The van der Waals surface area contributed by atoms with Gasteiger partial charge in [0.25, 0.3) is 0 Å². The number of aryl methyl sites for hydroxylation is 1. The van der Waals surface area contributed by atoms with Crippen LogP contribution in [-0.2, 0) is 16.0 Å². The van der Waals surface area contributed by atoms with Gasteiger partial charge >= 0.3 is 0 Å². The van der Waals surface area contributed by atoms with Crippen LogP contribution in [0.3, 0.4) is 0 Å². The standard InChI is InChI=1S/C27H29FN2O3/c1-27-14-13-18-17-6-3-2-5-16(17)9-10-19(18)25(27)20(21(15-31)26(27)33)11-12-24(32)30-23-8-4-7-22(28)29-23/h2-8,15,18-20,25,31H,9-14H2,1H3,(H,29,30,32)/b21-15-. The number of nitrogens with zero attached hydrogens (tertiary/aromatic N) is 1. The summed E-state index contributed by atoms with van der Waals surface area (Å²) in [6, 6.07) is 12.9. The molecule has 2 fully saturated rings. The van der Waals surface area contributed by atoms with Crippen LogP contribution in [0.2, 0.25) is 0 Å². The number of anilines is 1. The molecule has 0 aliphatic heterocycles. The zero-order chi connectivity index (χ0) is 23.2. The zero-order valence-corrected chi connectivity index (χ0v) is 18.8. The summed E-state index contributed by atoms with van der Waals surface area (Å²) >= 11 is 0. The maximum Gasteiger partial charge on any atom is 0.225 e. The molecule has 1 aromatic heterocycles. The number of pyridine rings is 1. The number of carbonyl (C=O) groups is 2. The SMILES string of the molecule is CC12CCC3c4ccccc4CCC3C1C(CCC(=O)Nc1cccc(F)n1)/C(=C/O)C2=O. The van der Waals surface area contributed by atoms with Crippen LogP contribution in [0.5, 0.6) is 0 Å².